The van der Waals surface area contributed by atoms with Crippen molar-refractivity contribution in [3.8, 4) is 0 Å². The first-order chi connectivity index (χ1) is 6.74. The summed E-state index contributed by atoms with van der Waals surface area (Å²) in [7, 11) is 0. The molecule has 1 amide bonds. The number of carbonyl (C=O) groups is 2. The van der Waals surface area contributed by atoms with E-state index in [0.29, 0.717) is 6.61 Å². The third-order valence-corrected chi connectivity index (χ3v) is 1.43. The fourth-order valence-corrected chi connectivity index (χ4v) is 0.830. The highest BCUT2D eigenvalue weighted by molar-refractivity contribution is 5.82. The molecule has 1 heterocycles. The molecule has 0 saturated heterocycles. The summed E-state index contributed by atoms with van der Waals surface area (Å²) in [4.78, 5) is 25.8. The van der Waals surface area contributed by atoms with Crippen LogP contribution >= 0.6 is 0 Å². The van der Waals surface area contributed by atoms with Gasteiger partial charge in [-0.3, -0.25) is 9.36 Å². The van der Waals surface area contributed by atoms with Crippen molar-refractivity contribution in [2.24, 2.45) is 0 Å². The van der Waals surface area contributed by atoms with E-state index in [1.54, 1.807) is 6.92 Å². The van der Waals surface area contributed by atoms with E-state index in [4.69, 9.17) is 0 Å². The normalized spacial score (nSPS) is 9.50. The van der Waals surface area contributed by atoms with Gasteiger partial charge in [-0.1, -0.05) is 0 Å². The number of nitrogens with zero attached hydrogens (tertiary/aromatic N) is 2. The van der Waals surface area contributed by atoms with E-state index in [1.165, 1.54) is 23.3 Å². The van der Waals surface area contributed by atoms with Gasteiger partial charge in [-0.25, -0.2) is 9.78 Å². The standard InChI is InChI=1S/C8H11N3O3/c1-2-14-7(12)5-10-8(13)11-4-3-9-6-11/h3-4,6H,2,5H2,1H3,(H,10,13). The summed E-state index contributed by atoms with van der Waals surface area (Å²) >= 11 is 0. The van der Waals surface area contributed by atoms with Crippen molar-refractivity contribution in [2.45, 2.75) is 6.92 Å². The van der Waals surface area contributed by atoms with Crippen molar-refractivity contribution >= 4 is 12.0 Å². The molecule has 0 fully saturated rings. The number of carbonyl (C=O) groups excluding carboxylic acids is 2. The summed E-state index contributed by atoms with van der Waals surface area (Å²) in [6.07, 6.45) is 4.31. The largest absolute Gasteiger partial charge is 0.465 e. The van der Waals surface area contributed by atoms with Crippen LogP contribution in [0, 0.1) is 0 Å². The molecular weight excluding hydrogens is 186 g/mol. The van der Waals surface area contributed by atoms with Crippen LogP contribution in [0.25, 0.3) is 0 Å². The number of hydrogen-bond acceptors (Lipinski definition) is 4. The van der Waals surface area contributed by atoms with E-state index in [0.717, 1.165) is 0 Å². The van der Waals surface area contributed by atoms with E-state index >= 15 is 0 Å². The first kappa shape index (κ1) is 10.2. The van der Waals surface area contributed by atoms with Gasteiger partial charge in [0.25, 0.3) is 0 Å². The third-order valence-electron chi connectivity index (χ3n) is 1.43. The maximum Gasteiger partial charge on any atom is 0.327 e. The molecule has 6 nitrogen and oxygen atoms in total. The van der Waals surface area contributed by atoms with Gasteiger partial charge in [0.1, 0.15) is 12.9 Å². The van der Waals surface area contributed by atoms with E-state index in [9.17, 15) is 9.59 Å². The topological polar surface area (TPSA) is 73.2 Å². The molecule has 0 aliphatic carbocycles. The predicted octanol–water partition coefficient (Wildman–Crippen LogP) is 0.00390. The van der Waals surface area contributed by atoms with Crippen LogP contribution in [0.2, 0.25) is 0 Å². The van der Waals surface area contributed by atoms with Crippen LogP contribution in [0.3, 0.4) is 0 Å². The average molecular weight is 197 g/mol. The highest BCUT2D eigenvalue weighted by atomic mass is 16.5. The van der Waals surface area contributed by atoms with Gasteiger partial charge >= 0.3 is 12.0 Å². The molecule has 76 valence electrons. The number of imidazole rings is 1. The minimum absolute atomic E-state index is 0.134. The smallest absolute Gasteiger partial charge is 0.327 e. The molecule has 1 aromatic rings. The van der Waals surface area contributed by atoms with E-state index in [2.05, 4.69) is 15.0 Å². The van der Waals surface area contributed by atoms with Crippen molar-refractivity contribution in [1.29, 1.82) is 0 Å². The lowest BCUT2D eigenvalue weighted by Gasteiger charge is -2.04. The molecule has 0 aliphatic heterocycles. The maximum absolute atomic E-state index is 11.2. The summed E-state index contributed by atoms with van der Waals surface area (Å²) in [5.74, 6) is -0.457. The third kappa shape index (κ3) is 2.89. The number of esters is 1. The molecule has 0 aliphatic rings. The Morgan fingerprint density at radius 1 is 1.57 bits per heavy atom. The number of nitrogens with one attached hydrogen (secondary N) is 1. The first-order valence-electron chi connectivity index (χ1n) is 4.15. The highest BCUT2D eigenvalue weighted by Gasteiger charge is 2.06. The fourth-order valence-electron chi connectivity index (χ4n) is 0.830. The SMILES string of the molecule is CCOC(=O)CNC(=O)n1ccnc1. The number of hydrogen-bond donors (Lipinski definition) is 1. The second kappa shape index (κ2) is 5.00. The number of rotatable bonds is 3. The molecule has 14 heavy (non-hydrogen) atoms. The Bertz CT molecular complexity index is 308. The Labute approximate surface area is 80.9 Å². The van der Waals surface area contributed by atoms with Gasteiger partial charge in [0.05, 0.1) is 6.61 Å². The van der Waals surface area contributed by atoms with E-state index in [-0.39, 0.29) is 6.54 Å². The van der Waals surface area contributed by atoms with Crippen LogP contribution in [0.5, 0.6) is 0 Å². The van der Waals surface area contributed by atoms with Crippen molar-refractivity contribution in [1.82, 2.24) is 14.9 Å². The Balaban J connectivity index is 2.32. The van der Waals surface area contributed by atoms with Gasteiger partial charge in [0.2, 0.25) is 0 Å². The van der Waals surface area contributed by atoms with Crippen molar-refractivity contribution < 1.29 is 14.3 Å². The first-order valence-corrected chi connectivity index (χ1v) is 4.15. The molecule has 0 aromatic carbocycles. The van der Waals surface area contributed by atoms with Crippen LogP contribution in [0.4, 0.5) is 4.79 Å². The Morgan fingerprint density at radius 2 is 2.36 bits per heavy atom. The van der Waals surface area contributed by atoms with Crippen molar-refractivity contribution in [2.75, 3.05) is 13.2 Å². The second-order valence-corrected chi connectivity index (χ2v) is 2.43. The van der Waals surface area contributed by atoms with Crippen LogP contribution in [-0.2, 0) is 9.53 Å². The zero-order valence-electron chi connectivity index (χ0n) is 7.77. The van der Waals surface area contributed by atoms with Crippen molar-refractivity contribution in [3.05, 3.63) is 18.7 Å². The molecule has 6 heteroatoms. The Hall–Kier alpha value is -1.85. The zero-order valence-corrected chi connectivity index (χ0v) is 7.77. The van der Waals surface area contributed by atoms with Crippen LogP contribution < -0.4 is 5.32 Å². The molecular formula is C8H11N3O3. The molecule has 0 radical (unpaired) electrons. The lowest BCUT2D eigenvalue weighted by atomic mass is 10.6. The van der Waals surface area contributed by atoms with Crippen LogP contribution in [0.15, 0.2) is 18.7 Å². The van der Waals surface area contributed by atoms with Gasteiger partial charge in [0, 0.05) is 12.4 Å². The molecule has 1 N–H and O–H groups in total. The van der Waals surface area contributed by atoms with Gasteiger partial charge in [-0.2, -0.15) is 0 Å². The van der Waals surface area contributed by atoms with Gasteiger partial charge in [-0.05, 0) is 6.92 Å². The molecule has 1 aromatic heterocycles. The minimum Gasteiger partial charge on any atom is -0.465 e. The second-order valence-electron chi connectivity index (χ2n) is 2.43. The lowest BCUT2D eigenvalue weighted by Crippen LogP contribution is -2.33. The van der Waals surface area contributed by atoms with Gasteiger partial charge < -0.3 is 10.1 Å². The number of ether oxygens (including phenoxy) is 1. The Morgan fingerprint density at radius 3 is 2.93 bits per heavy atom. The molecule has 0 saturated carbocycles. The summed E-state index contributed by atoms with van der Waals surface area (Å²) < 4.78 is 5.87. The summed E-state index contributed by atoms with van der Waals surface area (Å²) in [6.45, 7) is 1.88. The summed E-state index contributed by atoms with van der Waals surface area (Å²) in [6, 6.07) is -0.407. The van der Waals surface area contributed by atoms with Crippen LogP contribution in [-0.4, -0.2) is 34.7 Å². The number of amides is 1. The molecule has 0 spiro atoms. The molecule has 1 rings (SSSR count). The molecule has 0 atom stereocenters. The quantitative estimate of drug-likeness (QED) is 0.692. The predicted molar refractivity (Wildman–Crippen MR) is 47.7 cm³/mol. The minimum atomic E-state index is -0.457. The lowest BCUT2D eigenvalue weighted by molar-refractivity contribution is -0.141. The summed E-state index contributed by atoms with van der Waals surface area (Å²) in [5.41, 5.74) is 0. The Kier molecular flexibility index (Phi) is 3.66. The van der Waals surface area contributed by atoms with Crippen molar-refractivity contribution in [3.63, 3.8) is 0 Å². The maximum atomic E-state index is 11.2. The van der Waals surface area contributed by atoms with Gasteiger partial charge in [0.15, 0.2) is 0 Å². The average Bonchev–Trinajstić information content (AvgIpc) is 2.67. The molecule has 0 unspecified atom stereocenters. The highest BCUT2D eigenvalue weighted by Crippen LogP contribution is 1.84. The fraction of sp³-hybridized carbons (Fsp3) is 0.375. The van der Waals surface area contributed by atoms with E-state index in [1.807, 2.05) is 0 Å². The zero-order chi connectivity index (χ0) is 10.4. The van der Waals surface area contributed by atoms with Crippen LogP contribution in [0.1, 0.15) is 6.92 Å². The summed E-state index contributed by atoms with van der Waals surface area (Å²) in [5, 5.41) is 2.38. The van der Waals surface area contributed by atoms with Gasteiger partial charge in [-0.15, -0.1) is 0 Å². The van der Waals surface area contributed by atoms with E-state index < -0.39 is 12.0 Å². The molecule has 0 bridgehead atoms. The monoisotopic (exact) mass is 197 g/mol. The number of aromatic nitrogens is 2.